The molecule has 15 heteroatoms. The lowest BCUT2D eigenvalue weighted by atomic mass is 10.4. The Hall–Kier alpha value is 0.460. The van der Waals surface area contributed by atoms with Gasteiger partial charge in [-0.1, -0.05) is 34.8 Å². The predicted octanol–water partition coefficient (Wildman–Crippen LogP) is 5.34. The highest BCUT2D eigenvalue weighted by atomic mass is 35.6. The van der Waals surface area contributed by atoms with E-state index in [9.17, 15) is 39.7 Å². The summed E-state index contributed by atoms with van der Waals surface area (Å²) in [6.45, 7) is -4.65. The van der Waals surface area contributed by atoms with E-state index in [0.717, 1.165) is 0 Å². The Morgan fingerprint density at radius 1 is 0.818 bits per heavy atom. The minimum Gasteiger partial charge on any atom is -0.299 e. The highest BCUT2D eigenvalue weighted by molar-refractivity contribution is 7.62. The molecule has 0 saturated carbocycles. The molecule has 0 aromatic heterocycles. The molecule has 0 saturated heterocycles. The van der Waals surface area contributed by atoms with E-state index in [4.69, 9.17) is 34.8 Å². The first-order valence-electron chi connectivity index (χ1n) is 4.83. The zero-order valence-electron chi connectivity index (χ0n) is 9.90. The first kappa shape index (κ1) is 22.5. The van der Waals surface area contributed by atoms with Gasteiger partial charge in [0.25, 0.3) is 3.53 Å². The van der Waals surface area contributed by atoms with Gasteiger partial charge in [-0.2, -0.15) is 17.6 Å². The van der Waals surface area contributed by atoms with Crippen molar-refractivity contribution >= 4 is 42.4 Å². The van der Waals surface area contributed by atoms with Crippen LogP contribution in [0.2, 0.25) is 0 Å². The molecule has 0 spiro atoms. The molecule has 22 heavy (non-hydrogen) atoms. The number of alkyl halides is 11. The fourth-order valence-corrected chi connectivity index (χ4v) is 2.58. The van der Waals surface area contributed by atoms with E-state index < -0.39 is 49.0 Å². The largest absolute Gasteiger partial charge is 0.382 e. The lowest BCUT2D eigenvalue weighted by Gasteiger charge is -2.27. The van der Waals surface area contributed by atoms with Crippen LogP contribution in [0.4, 0.5) is 35.1 Å². The van der Waals surface area contributed by atoms with Crippen molar-refractivity contribution in [2.24, 2.45) is 0 Å². The molecule has 0 amide bonds. The van der Waals surface area contributed by atoms with Gasteiger partial charge in [0.2, 0.25) is 0 Å². The summed E-state index contributed by atoms with van der Waals surface area (Å²) in [5.41, 5.74) is 0. The Labute approximate surface area is 133 Å². The summed E-state index contributed by atoms with van der Waals surface area (Å²) in [4.78, 5) is 0. The molecule has 0 aliphatic carbocycles. The fourth-order valence-electron chi connectivity index (χ4n) is 0.652. The summed E-state index contributed by atoms with van der Waals surface area (Å²) in [5, 5.41) is 0. The summed E-state index contributed by atoms with van der Waals surface area (Å²) in [5.74, 6) is -9.75. The second-order valence-corrected chi connectivity index (χ2v) is 8.89. The summed E-state index contributed by atoms with van der Waals surface area (Å²) < 4.78 is 114. The third-order valence-corrected chi connectivity index (χ3v) is 5.23. The van der Waals surface area contributed by atoms with Crippen LogP contribution in [-0.4, -0.2) is 41.4 Å². The van der Waals surface area contributed by atoms with Crippen molar-refractivity contribution in [2.45, 2.75) is 28.2 Å². The van der Waals surface area contributed by atoms with Gasteiger partial charge in [-0.25, -0.2) is 17.6 Å². The van der Waals surface area contributed by atoms with Crippen LogP contribution < -0.4 is 0 Å². The Balaban J connectivity index is 5.10. The Bertz CT molecular complexity index is 388. The fraction of sp³-hybridized carbons (Fsp3) is 1.00. The van der Waals surface area contributed by atoms with Gasteiger partial charge in [0.15, 0.2) is 0 Å². The molecule has 0 fully saturated rings. The minimum atomic E-state index is -5.51. The van der Waals surface area contributed by atoms with Crippen LogP contribution in [0.5, 0.6) is 0 Å². The predicted molar refractivity (Wildman–Crippen MR) is 61.7 cm³/mol. The van der Waals surface area contributed by atoms with Crippen LogP contribution in [0.3, 0.4) is 0 Å². The van der Waals surface area contributed by atoms with E-state index >= 15 is 0 Å². The molecule has 134 valence electrons. The summed E-state index contributed by atoms with van der Waals surface area (Å²) in [6.07, 6.45) is -8.56. The molecule has 0 radical (unpaired) electrons. The molecule has 0 unspecified atom stereocenters. The topological polar surface area (TPSA) is 35.5 Å². The molecule has 0 bridgehead atoms. The Kier molecular flexibility index (Phi) is 7.72. The molecular weight excluding hydrogens is 421 g/mol. The van der Waals surface area contributed by atoms with Crippen LogP contribution in [0.1, 0.15) is 0 Å². The molecule has 0 N–H and O–H groups in total. The molecule has 0 aliphatic heterocycles. The van der Waals surface area contributed by atoms with Crippen LogP contribution in [0.15, 0.2) is 0 Å². The quantitative estimate of drug-likeness (QED) is 0.298. The summed E-state index contributed by atoms with van der Waals surface area (Å²) in [7, 11) is -5.51. The van der Waals surface area contributed by atoms with Gasteiger partial charge in [-0.15, -0.1) is 0 Å². The van der Waals surface area contributed by atoms with Crippen LogP contribution in [-0.2, 0) is 13.6 Å². The van der Waals surface area contributed by atoms with E-state index in [1.54, 1.807) is 0 Å². The van der Waals surface area contributed by atoms with E-state index in [-0.39, 0.29) is 0 Å². The lowest BCUT2D eigenvalue weighted by molar-refractivity contribution is -0.158. The van der Waals surface area contributed by atoms with E-state index in [1.165, 1.54) is 0 Å². The highest BCUT2D eigenvalue weighted by Gasteiger charge is 2.54. The molecule has 0 aromatic carbocycles. The van der Waals surface area contributed by atoms with Crippen LogP contribution in [0.25, 0.3) is 0 Å². The lowest BCUT2D eigenvalue weighted by Crippen LogP contribution is -2.35. The smallest absolute Gasteiger partial charge is 0.299 e. The number of rotatable bonds is 8. The zero-order chi connectivity index (χ0) is 18.0. The summed E-state index contributed by atoms with van der Waals surface area (Å²) >= 11 is 15.0. The molecule has 3 nitrogen and oxygen atoms in total. The molecule has 0 aromatic rings. The summed E-state index contributed by atoms with van der Waals surface area (Å²) in [6, 6.07) is 0. The van der Waals surface area contributed by atoms with Gasteiger partial charge in [0.05, 0.1) is 0 Å². The standard InChI is InChI=1S/C7H6Cl3F8O3P/c8-7(9,10)22(19,20-1-5(15,16)3(11)12)21-2-6(17,18)4(13)14/h3-4H,1-2H2. The molecule has 0 aliphatic rings. The molecular formula is C7H6Cl3F8O3P. The van der Waals surface area contributed by atoms with Gasteiger partial charge in [-0.05, 0) is 0 Å². The van der Waals surface area contributed by atoms with Gasteiger partial charge < -0.3 is 0 Å². The van der Waals surface area contributed by atoms with Crippen molar-refractivity contribution in [1.82, 2.24) is 0 Å². The Morgan fingerprint density at radius 3 is 1.27 bits per heavy atom. The first-order valence-corrected chi connectivity index (χ1v) is 7.51. The monoisotopic (exact) mass is 426 g/mol. The minimum absolute atomic E-state index is 2.32. The maximum Gasteiger partial charge on any atom is 0.382 e. The van der Waals surface area contributed by atoms with Crippen molar-refractivity contribution in [3.05, 3.63) is 0 Å². The Morgan fingerprint density at radius 2 is 1.09 bits per heavy atom. The normalized spacial score (nSPS) is 15.0. The van der Waals surface area contributed by atoms with Crippen LogP contribution >= 0.6 is 42.4 Å². The molecule has 0 rings (SSSR count). The van der Waals surface area contributed by atoms with Gasteiger partial charge in [-0.3, -0.25) is 13.6 Å². The average Bonchev–Trinajstić information content (AvgIpc) is 2.32. The van der Waals surface area contributed by atoms with E-state index in [1.807, 2.05) is 0 Å². The average molecular weight is 427 g/mol. The number of halogens is 11. The third-order valence-electron chi connectivity index (χ3n) is 1.80. The van der Waals surface area contributed by atoms with Crippen molar-refractivity contribution in [3.63, 3.8) is 0 Å². The maximum absolute atomic E-state index is 12.6. The zero-order valence-corrected chi connectivity index (χ0v) is 13.1. The number of hydrogen-bond donors (Lipinski definition) is 0. The highest BCUT2D eigenvalue weighted by Crippen LogP contribution is 2.67. The van der Waals surface area contributed by atoms with Crippen molar-refractivity contribution in [3.8, 4) is 0 Å². The SMILES string of the molecule is O=P(OCC(F)(F)C(F)F)(OCC(F)(F)C(F)F)C(Cl)(Cl)Cl. The van der Waals surface area contributed by atoms with E-state index in [0.29, 0.717) is 0 Å². The second kappa shape index (κ2) is 7.57. The maximum atomic E-state index is 12.6. The second-order valence-electron chi connectivity index (χ2n) is 3.64. The van der Waals surface area contributed by atoms with Crippen LogP contribution in [0, 0.1) is 0 Å². The molecule has 0 heterocycles. The van der Waals surface area contributed by atoms with E-state index in [2.05, 4.69) is 9.05 Å². The van der Waals surface area contributed by atoms with Gasteiger partial charge in [0, 0.05) is 0 Å². The third kappa shape index (κ3) is 6.16. The first-order chi connectivity index (χ1) is 9.55. The van der Waals surface area contributed by atoms with Crippen molar-refractivity contribution < 1.29 is 48.7 Å². The van der Waals surface area contributed by atoms with Crippen molar-refractivity contribution in [2.75, 3.05) is 13.2 Å². The number of hydrogen-bond acceptors (Lipinski definition) is 3. The van der Waals surface area contributed by atoms with Gasteiger partial charge >= 0.3 is 32.3 Å². The van der Waals surface area contributed by atoms with Gasteiger partial charge in [0.1, 0.15) is 13.2 Å². The van der Waals surface area contributed by atoms with Crippen molar-refractivity contribution in [1.29, 1.82) is 0 Å². The molecule has 0 atom stereocenters.